The minimum Gasteiger partial charge on any atom is -0.494 e. The normalized spacial score (nSPS) is 10.6. The Balaban J connectivity index is 1.58. The highest BCUT2D eigenvalue weighted by molar-refractivity contribution is 5.89. The van der Waals surface area contributed by atoms with Crippen molar-refractivity contribution in [1.29, 1.82) is 0 Å². The van der Waals surface area contributed by atoms with Crippen molar-refractivity contribution in [3.05, 3.63) is 96.1 Å². The Morgan fingerprint density at radius 2 is 1.45 bits per heavy atom. The summed E-state index contributed by atoms with van der Waals surface area (Å²) in [6.07, 6.45) is 2.14. The van der Waals surface area contributed by atoms with E-state index in [1.54, 1.807) is 0 Å². The van der Waals surface area contributed by atoms with Crippen LogP contribution in [-0.2, 0) is 0 Å². The summed E-state index contributed by atoms with van der Waals surface area (Å²) in [5, 5.41) is 5.89. The molecule has 3 rings (SSSR count). The van der Waals surface area contributed by atoms with Gasteiger partial charge < -0.3 is 15.4 Å². The van der Waals surface area contributed by atoms with Crippen molar-refractivity contribution >= 4 is 11.7 Å². The van der Waals surface area contributed by atoms with Gasteiger partial charge in [-0.15, -0.1) is 0 Å². The van der Waals surface area contributed by atoms with E-state index in [0.29, 0.717) is 13.2 Å². The molecule has 0 saturated heterocycles. The molecule has 0 aliphatic heterocycles. The number of nitrogens with one attached hydrogen (secondary N) is 2. The Hall–Kier alpha value is -3.27. The third kappa shape index (κ3) is 6.39. The van der Waals surface area contributed by atoms with Crippen LogP contribution in [0.1, 0.15) is 36.8 Å². The van der Waals surface area contributed by atoms with Gasteiger partial charge in [0.25, 0.3) is 0 Å². The van der Waals surface area contributed by atoms with Gasteiger partial charge in [-0.1, -0.05) is 74.0 Å². The quantitative estimate of drug-likeness (QED) is 0.454. The summed E-state index contributed by atoms with van der Waals surface area (Å²) in [7, 11) is 0. The van der Waals surface area contributed by atoms with Gasteiger partial charge in [0, 0.05) is 18.2 Å². The fourth-order valence-electron chi connectivity index (χ4n) is 3.14. The molecule has 0 atom stereocenters. The summed E-state index contributed by atoms with van der Waals surface area (Å²) in [6.45, 7) is 3.36. The average Bonchev–Trinajstić information content (AvgIpc) is 2.77. The Morgan fingerprint density at radius 3 is 2.00 bits per heavy atom. The molecule has 3 aromatic rings. The molecule has 0 bridgehead atoms. The van der Waals surface area contributed by atoms with Crippen LogP contribution in [0.4, 0.5) is 10.5 Å². The van der Waals surface area contributed by atoms with Gasteiger partial charge in [0.15, 0.2) is 0 Å². The highest BCUT2D eigenvalue weighted by Gasteiger charge is 2.15. The molecular formula is C25H28N2O2. The first-order valence-corrected chi connectivity index (χ1v) is 10.1. The molecule has 0 radical (unpaired) electrons. The molecule has 2 N–H and O–H groups in total. The monoisotopic (exact) mass is 388 g/mol. The lowest BCUT2D eigenvalue weighted by molar-refractivity contribution is 0.252. The molecule has 4 nitrogen and oxygen atoms in total. The molecule has 0 fully saturated rings. The topological polar surface area (TPSA) is 50.4 Å². The first kappa shape index (κ1) is 20.5. The smallest absolute Gasteiger partial charge is 0.319 e. The van der Waals surface area contributed by atoms with E-state index in [1.807, 2.05) is 60.7 Å². The van der Waals surface area contributed by atoms with E-state index in [2.05, 4.69) is 41.8 Å². The maximum absolute atomic E-state index is 12.4. The standard InChI is InChI=1S/C25H28N2O2/c1-2-3-18-29-23-16-14-22(15-17-23)27-25(28)26-19-24(20-10-6-4-7-11-20)21-12-8-5-9-13-21/h4-17,24H,2-3,18-19H2,1H3,(H2,26,27,28). The number of hydrogen-bond donors (Lipinski definition) is 2. The van der Waals surface area contributed by atoms with E-state index in [0.717, 1.165) is 24.3 Å². The highest BCUT2D eigenvalue weighted by Crippen LogP contribution is 2.23. The molecule has 0 aromatic heterocycles. The van der Waals surface area contributed by atoms with E-state index >= 15 is 0 Å². The van der Waals surface area contributed by atoms with Crippen molar-refractivity contribution in [2.24, 2.45) is 0 Å². The lowest BCUT2D eigenvalue weighted by atomic mass is 9.91. The van der Waals surface area contributed by atoms with Gasteiger partial charge in [-0.3, -0.25) is 0 Å². The third-order valence-electron chi connectivity index (χ3n) is 4.75. The average molecular weight is 389 g/mol. The minimum atomic E-state index is -0.221. The van der Waals surface area contributed by atoms with E-state index in [9.17, 15) is 4.79 Å². The van der Waals surface area contributed by atoms with Crippen molar-refractivity contribution < 1.29 is 9.53 Å². The van der Waals surface area contributed by atoms with Gasteiger partial charge >= 0.3 is 6.03 Å². The number of rotatable bonds is 9. The zero-order valence-electron chi connectivity index (χ0n) is 16.8. The molecular weight excluding hydrogens is 360 g/mol. The molecule has 3 aromatic carbocycles. The van der Waals surface area contributed by atoms with Crippen LogP contribution in [0.3, 0.4) is 0 Å². The van der Waals surface area contributed by atoms with Crippen molar-refractivity contribution in [2.45, 2.75) is 25.7 Å². The largest absolute Gasteiger partial charge is 0.494 e. The van der Waals surface area contributed by atoms with Crippen LogP contribution in [-0.4, -0.2) is 19.2 Å². The number of carbonyl (C=O) groups is 1. The Labute approximate surface area is 172 Å². The number of benzene rings is 3. The number of amides is 2. The van der Waals surface area contributed by atoms with Crippen LogP contribution in [0.25, 0.3) is 0 Å². The first-order valence-electron chi connectivity index (χ1n) is 10.1. The molecule has 4 heteroatoms. The Kier molecular flexibility index (Phi) is 7.70. The van der Waals surface area contributed by atoms with Crippen LogP contribution in [0.5, 0.6) is 5.75 Å². The molecule has 29 heavy (non-hydrogen) atoms. The summed E-state index contributed by atoms with van der Waals surface area (Å²) in [5.41, 5.74) is 3.08. The Morgan fingerprint density at radius 1 is 0.862 bits per heavy atom. The van der Waals surface area contributed by atoms with Crippen LogP contribution >= 0.6 is 0 Å². The predicted octanol–water partition coefficient (Wildman–Crippen LogP) is 5.82. The van der Waals surface area contributed by atoms with Crippen LogP contribution < -0.4 is 15.4 Å². The number of carbonyl (C=O) groups excluding carboxylic acids is 1. The fraction of sp³-hybridized carbons (Fsp3) is 0.240. The van der Waals surface area contributed by atoms with E-state index in [4.69, 9.17) is 4.74 Å². The Bertz CT molecular complexity index is 825. The second-order valence-corrected chi connectivity index (χ2v) is 6.94. The molecule has 2 amide bonds. The molecule has 0 heterocycles. The lowest BCUT2D eigenvalue weighted by Crippen LogP contribution is -2.32. The van der Waals surface area contributed by atoms with Crippen molar-refractivity contribution in [3.8, 4) is 5.75 Å². The van der Waals surface area contributed by atoms with Gasteiger partial charge in [-0.25, -0.2) is 4.79 Å². The van der Waals surface area contributed by atoms with Gasteiger partial charge in [0.1, 0.15) is 5.75 Å². The summed E-state index contributed by atoms with van der Waals surface area (Å²) >= 11 is 0. The van der Waals surface area contributed by atoms with Gasteiger partial charge in [0.2, 0.25) is 0 Å². The molecule has 0 unspecified atom stereocenters. The second-order valence-electron chi connectivity index (χ2n) is 6.94. The van der Waals surface area contributed by atoms with Crippen molar-refractivity contribution in [3.63, 3.8) is 0 Å². The van der Waals surface area contributed by atoms with E-state index in [-0.39, 0.29) is 11.9 Å². The number of anilines is 1. The molecule has 0 aliphatic carbocycles. The molecule has 150 valence electrons. The van der Waals surface area contributed by atoms with E-state index < -0.39 is 0 Å². The maximum Gasteiger partial charge on any atom is 0.319 e. The van der Waals surface area contributed by atoms with Gasteiger partial charge in [0.05, 0.1) is 6.61 Å². The van der Waals surface area contributed by atoms with Crippen LogP contribution in [0, 0.1) is 0 Å². The zero-order valence-corrected chi connectivity index (χ0v) is 16.8. The van der Waals surface area contributed by atoms with Crippen molar-refractivity contribution in [2.75, 3.05) is 18.5 Å². The first-order chi connectivity index (χ1) is 14.3. The van der Waals surface area contributed by atoms with Gasteiger partial charge in [-0.05, 0) is 41.8 Å². The number of ether oxygens (including phenoxy) is 1. The van der Waals surface area contributed by atoms with E-state index in [1.165, 1.54) is 11.1 Å². The third-order valence-corrected chi connectivity index (χ3v) is 4.75. The molecule has 0 spiro atoms. The summed E-state index contributed by atoms with van der Waals surface area (Å²) in [6, 6.07) is 27.7. The number of hydrogen-bond acceptors (Lipinski definition) is 2. The number of unbranched alkanes of at least 4 members (excludes halogenated alkanes) is 1. The summed E-state index contributed by atoms with van der Waals surface area (Å²) in [4.78, 5) is 12.4. The summed E-state index contributed by atoms with van der Waals surface area (Å²) in [5.74, 6) is 0.912. The van der Waals surface area contributed by atoms with Crippen LogP contribution in [0.2, 0.25) is 0 Å². The highest BCUT2D eigenvalue weighted by atomic mass is 16.5. The van der Waals surface area contributed by atoms with Crippen LogP contribution in [0.15, 0.2) is 84.9 Å². The SMILES string of the molecule is CCCCOc1ccc(NC(=O)NCC(c2ccccc2)c2ccccc2)cc1. The second kappa shape index (κ2) is 10.9. The predicted molar refractivity (Wildman–Crippen MR) is 119 cm³/mol. The van der Waals surface area contributed by atoms with Crippen molar-refractivity contribution in [1.82, 2.24) is 5.32 Å². The zero-order chi connectivity index (χ0) is 20.3. The minimum absolute atomic E-state index is 0.0949. The molecule has 0 saturated carbocycles. The number of urea groups is 1. The molecule has 0 aliphatic rings. The maximum atomic E-state index is 12.4. The fourth-order valence-corrected chi connectivity index (χ4v) is 3.14. The van der Waals surface area contributed by atoms with Gasteiger partial charge in [-0.2, -0.15) is 0 Å². The lowest BCUT2D eigenvalue weighted by Gasteiger charge is -2.19. The summed E-state index contributed by atoms with van der Waals surface area (Å²) < 4.78 is 5.65.